The fourth-order valence-electron chi connectivity index (χ4n) is 1.28. The van der Waals surface area contributed by atoms with E-state index in [1.54, 1.807) is 0 Å². The second kappa shape index (κ2) is 6.18. The molecular formula is C9H12Cl3N3. The van der Waals surface area contributed by atoms with E-state index in [1.165, 1.54) is 0 Å². The maximum Gasteiger partial charge on any atom is 0.138 e. The van der Waals surface area contributed by atoms with Gasteiger partial charge in [-0.05, 0) is 18.7 Å². The lowest BCUT2D eigenvalue weighted by atomic mass is 10.3. The van der Waals surface area contributed by atoms with Gasteiger partial charge in [0.05, 0.1) is 5.69 Å². The van der Waals surface area contributed by atoms with Crippen LogP contribution in [0.3, 0.4) is 0 Å². The Hall–Kier alpha value is -0.480. The van der Waals surface area contributed by atoms with Crippen molar-refractivity contribution in [3.63, 3.8) is 0 Å². The van der Waals surface area contributed by atoms with Crippen molar-refractivity contribution in [2.75, 3.05) is 6.54 Å². The van der Waals surface area contributed by atoms with Crippen molar-refractivity contribution in [1.82, 2.24) is 9.38 Å². The Morgan fingerprint density at radius 1 is 1.40 bits per heavy atom. The van der Waals surface area contributed by atoms with Crippen LogP contribution >= 0.6 is 36.4 Å². The zero-order valence-corrected chi connectivity index (χ0v) is 10.3. The molecule has 0 spiro atoms. The Balaban J connectivity index is 0.000000980. The molecule has 2 N–H and O–H groups in total. The number of pyridine rings is 1. The van der Waals surface area contributed by atoms with E-state index in [-0.39, 0.29) is 24.8 Å². The summed E-state index contributed by atoms with van der Waals surface area (Å²) in [6, 6.07) is 3.67. The van der Waals surface area contributed by atoms with E-state index in [0.29, 0.717) is 11.6 Å². The van der Waals surface area contributed by atoms with Crippen LogP contribution in [0.5, 0.6) is 0 Å². The van der Waals surface area contributed by atoms with Gasteiger partial charge < -0.3 is 10.1 Å². The highest BCUT2D eigenvalue weighted by Crippen LogP contribution is 2.12. The van der Waals surface area contributed by atoms with E-state index < -0.39 is 0 Å². The minimum atomic E-state index is 0. The Kier molecular flexibility index (Phi) is 5.98. The number of hydrogen-bond donors (Lipinski definition) is 1. The van der Waals surface area contributed by atoms with Gasteiger partial charge in [0, 0.05) is 23.8 Å². The summed E-state index contributed by atoms with van der Waals surface area (Å²) in [6.07, 6.45) is 4.67. The van der Waals surface area contributed by atoms with Gasteiger partial charge in [0.1, 0.15) is 5.65 Å². The van der Waals surface area contributed by atoms with Gasteiger partial charge in [-0.1, -0.05) is 11.6 Å². The van der Waals surface area contributed by atoms with Crippen molar-refractivity contribution in [2.45, 2.75) is 6.42 Å². The molecule has 0 fully saturated rings. The summed E-state index contributed by atoms with van der Waals surface area (Å²) in [6.45, 7) is 0.623. The van der Waals surface area contributed by atoms with Crippen molar-refractivity contribution >= 4 is 42.1 Å². The van der Waals surface area contributed by atoms with E-state index in [2.05, 4.69) is 4.98 Å². The topological polar surface area (TPSA) is 43.3 Å². The molecular weight excluding hydrogens is 256 g/mol. The molecule has 84 valence electrons. The molecule has 2 aromatic rings. The molecule has 15 heavy (non-hydrogen) atoms. The number of aromatic nitrogens is 2. The molecule has 0 radical (unpaired) electrons. The van der Waals surface area contributed by atoms with Crippen LogP contribution in [0.15, 0.2) is 24.5 Å². The number of hydrogen-bond acceptors (Lipinski definition) is 2. The molecule has 6 heteroatoms. The van der Waals surface area contributed by atoms with Gasteiger partial charge in [0.2, 0.25) is 0 Å². The van der Waals surface area contributed by atoms with Crippen LogP contribution in [0, 0.1) is 0 Å². The van der Waals surface area contributed by atoms with Crippen LogP contribution in [-0.2, 0) is 6.42 Å². The minimum absolute atomic E-state index is 0. The highest BCUT2D eigenvalue weighted by molar-refractivity contribution is 6.30. The van der Waals surface area contributed by atoms with Crippen LogP contribution in [0.4, 0.5) is 0 Å². The Morgan fingerprint density at radius 3 is 2.80 bits per heavy atom. The second-order valence-electron chi connectivity index (χ2n) is 2.88. The van der Waals surface area contributed by atoms with Gasteiger partial charge in [-0.25, -0.2) is 4.98 Å². The van der Waals surface area contributed by atoms with Gasteiger partial charge in [-0.3, -0.25) is 0 Å². The normalized spacial score (nSPS) is 9.47. The molecule has 3 nitrogen and oxygen atoms in total. The first kappa shape index (κ1) is 14.5. The summed E-state index contributed by atoms with van der Waals surface area (Å²) in [5.74, 6) is 0. The zero-order valence-electron chi connectivity index (χ0n) is 7.89. The van der Waals surface area contributed by atoms with Crippen molar-refractivity contribution in [2.24, 2.45) is 5.73 Å². The predicted octanol–water partition coefficient (Wildman–Crippen LogP) is 2.33. The van der Waals surface area contributed by atoms with Crippen LogP contribution in [0.1, 0.15) is 5.69 Å². The summed E-state index contributed by atoms with van der Waals surface area (Å²) in [7, 11) is 0. The highest BCUT2D eigenvalue weighted by atomic mass is 35.5. The third-order valence-electron chi connectivity index (χ3n) is 1.87. The average molecular weight is 269 g/mol. The molecule has 2 rings (SSSR count). The van der Waals surface area contributed by atoms with E-state index in [1.807, 2.05) is 28.9 Å². The minimum Gasteiger partial charge on any atom is -0.330 e. The Bertz CT molecular complexity index is 427. The molecule has 0 saturated carbocycles. The molecule has 2 aromatic heterocycles. The van der Waals surface area contributed by atoms with E-state index in [4.69, 9.17) is 17.3 Å². The van der Waals surface area contributed by atoms with Crippen molar-refractivity contribution in [3.05, 3.63) is 35.2 Å². The summed E-state index contributed by atoms with van der Waals surface area (Å²) in [5, 5.41) is 0.706. The molecule has 0 unspecified atom stereocenters. The first-order valence-corrected chi connectivity index (χ1v) is 4.50. The largest absolute Gasteiger partial charge is 0.330 e. The van der Waals surface area contributed by atoms with E-state index in [9.17, 15) is 0 Å². The molecule has 0 aromatic carbocycles. The van der Waals surface area contributed by atoms with E-state index >= 15 is 0 Å². The smallest absolute Gasteiger partial charge is 0.138 e. The van der Waals surface area contributed by atoms with Crippen LogP contribution in [0.2, 0.25) is 5.02 Å². The van der Waals surface area contributed by atoms with Gasteiger partial charge >= 0.3 is 0 Å². The first-order valence-electron chi connectivity index (χ1n) is 4.13. The lowest BCUT2D eigenvalue weighted by molar-refractivity contribution is 0.937. The van der Waals surface area contributed by atoms with Crippen molar-refractivity contribution in [3.8, 4) is 0 Å². The van der Waals surface area contributed by atoms with Crippen molar-refractivity contribution < 1.29 is 0 Å². The van der Waals surface area contributed by atoms with Gasteiger partial charge in [0.15, 0.2) is 0 Å². The predicted molar refractivity (Wildman–Crippen MR) is 67.5 cm³/mol. The molecule has 0 atom stereocenters. The van der Waals surface area contributed by atoms with Crippen LogP contribution in [0.25, 0.3) is 5.65 Å². The molecule has 0 aliphatic heterocycles. The third-order valence-corrected chi connectivity index (χ3v) is 2.11. The molecule has 0 aliphatic carbocycles. The first-order chi connectivity index (χ1) is 6.29. The average Bonchev–Trinajstić information content (AvgIpc) is 2.46. The molecule has 0 bridgehead atoms. The monoisotopic (exact) mass is 267 g/mol. The summed E-state index contributed by atoms with van der Waals surface area (Å²) < 4.78 is 1.94. The zero-order chi connectivity index (χ0) is 9.26. The quantitative estimate of drug-likeness (QED) is 0.908. The van der Waals surface area contributed by atoms with Crippen LogP contribution < -0.4 is 5.73 Å². The molecule has 0 amide bonds. The number of rotatable bonds is 2. The third kappa shape index (κ3) is 3.24. The number of nitrogens with zero attached hydrogens (tertiary/aromatic N) is 2. The number of fused-ring (bicyclic) bond motifs is 1. The number of imidazole rings is 1. The Morgan fingerprint density at radius 2 is 2.13 bits per heavy atom. The maximum absolute atomic E-state index is 5.83. The summed E-state index contributed by atoms with van der Waals surface area (Å²) in [5.41, 5.74) is 7.31. The SMILES string of the molecule is Cl.Cl.NCCc1cn2ccc(Cl)cc2n1. The van der Waals surface area contributed by atoms with Gasteiger partial charge in [0.25, 0.3) is 0 Å². The van der Waals surface area contributed by atoms with Gasteiger partial charge in [-0.15, -0.1) is 24.8 Å². The fourth-order valence-corrected chi connectivity index (χ4v) is 1.43. The fraction of sp³-hybridized carbons (Fsp3) is 0.222. The second-order valence-corrected chi connectivity index (χ2v) is 3.32. The summed E-state index contributed by atoms with van der Waals surface area (Å²) >= 11 is 5.83. The standard InChI is InChI=1S/C9H10ClN3.2ClH/c10-7-2-4-13-6-8(1-3-11)12-9(13)5-7;;/h2,4-6H,1,3,11H2;2*1H. The Labute approximate surface area is 105 Å². The lowest BCUT2D eigenvalue weighted by Gasteiger charge is -1.90. The van der Waals surface area contributed by atoms with Gasteiger partial charge in [-0.2, -0.15) is 0 Å². The number of nitrogens with two attached hydrogens (primary N) is 1. The number of halogens is 3. The lowest BCUT2D eigenvalue weighted by Crippen LogP contribution is -2.02. The molecule has 2 heterocycles. The van der Waals surface area contributed by atoms with E-state index in [0.717, 1.165) is 17.8 Å². The van der Waals surface area contributed by atoms with Crippen molar-refractivity contribution in [1.29, 1.82) is 0 Å². The van der Waals surface area contributed by atoms with Crippen LogP contribution in [-0.4, -0.2) is 15.9 Å². The molecule has 0 saturated heterocycles. The maximum atomic E-state index is 5.83. The summed E-state index contributed by atoms with van der Waals surface area (Å²) in [4.78, 5) is 4.36. The highest BCUT2D eigenvalue weighted by Gasteiger charge is 2.00. The molecule has 0 aliphatic rings.